The van der Waals surface area contributed by atoms with Crippen LogP contribution < -0.4 is 0 Å². The fourth-order valence-corrected chi connectivity index (χ4v) is 2.83. The molecule has 3 aromatic rings. The highest BCUT2D eigenvalue weighted by atomic mass is 16.5. The van der Waals surface area contributed by atoms with E-state index in [1.807, 2.05) is 19.9 Å². The van der Waals surface area contributed by atoms with Gasteiger partial charge in [-0.2, -0.15) is 0 Å². The maximum atomic E-state index is 12.6. The Labute approximate surface area is 135 Å². The van der Waals surface area contributed by atoms with Gasteiger partial charge in [0, 0.05) is 29.7 Å². The highest BCUT2D eigenvalue weighted by molar-refractivity contribution is 5.90. The molecule has 0 aliphatic heterocycles. The Bertz CT molecular complexity index is 860. The fourth-order valence-electron chi connectivity index (χ4n) is 2.83. The van der Waals surface area contributed by atoms with E-state index in [1.165, 1.54) is 5.56 Å². The maximum Gasteiger partial charge on any atom is 0.227 e. The van der Waals surface area contributed by atoms with E-state index in [0.717, 1.165) is 33.6 Å². The Morgan fingerprint density at radius 3 is 2.74 bits per heavy atom. The van der Waals surface area contributed by atoms with E-state index in [1.54, 1.807) is 11.9 Å². The fraction of sp³-hybridized carbons (Fsp3) is 0.333. The number of hydrogen-bond donors (Lipinski definition) is 1. The van der Waals surface area contributed by atoms with Crippen LogP contribution in [-0.4, -0.2) is 28.0 Å². The van der Waals surface area contributed by atoms with Gasteiger partial charge in [-0.15, -0.1) is 0 Å². The van der Waals surface area contributed by atoms with Gasteiger partial charge < -0.3 is 14.4 Å². The number of carbonyl (C=O) groups excluding carboxylic acids is 1. The predicted molar refractivity (Wildman–Crippen MR) is 89.2 cm³/mol. The van der Waals surface area contributed by atoms with Crippen molar-refractivity contribution in [2.75, 3.05) is 7.05 Å². The zero-order valence-corrected chi connectivity index (χ0v) is 13.9. The number of benzene rings is 1. The van der Waals surface area contributed by atoms with Crippen molar-refractivity contribution in [3.05, 3.63) is 52.5 Å². The molecule has 0 atom stereocenters. The normalized spacial score (nSPS) is 11.1. The van der Waals surface area contributed by atoms with Gasteiger partial charge in [0.2, 0.25) is 5.91 Å². The second kappa shape index (κ2) is 5.91. The molecule has 1 aromatic carbocycles. The summed E-state index contributed by atoms with van der Waals surface area (Å²) in [7, 11) is 1.79. The molecule has 2 heterocycles. The van der Waals surface area contributed by atoms with Crippen LogP contribution in [0, 0.1) is 20.8 Å². The van der Waals surface area contributed by atoms with Gasteiger partial charge in [0.05, 0.1) is 13.0 Å². The lowest BCUT2D eigenvalue weighted by molar-refractivity contribution is -0.129. The van der Waals surface area contributed by atoms with Crippen LogP contribution in [0.25, 0.3) is 10.9 Å². The Morgan fingerprint density at radius 2 is 2.04 bits per heavy atom. The zero-order chi connectivity index (χ0) is 16.6. The summed E-state index contributed by atoms with van der Waals surface area (Å²) in [6.45, 7) is 6.37. The molecule has 0 saturated carbocycles. The molecular weight excluding hydrogens is 290 g/mol. The van der Waals surface area contributed by atoms with Crippen molar-refractivity contribution < 1.29 is 9.32 Å². The van der Waals surface area contributed by atoms with Gasteiger partial charge in [0.15, 0.2) is 0 Å². The summed E-state index contributed by atoms with van der Waals surface area (Å²) in [6, 6.07) is 8.11. The van der Waals surface area contributed by atoms with Gasteiger partial charge in [-0.05, 0) is 38.5 Å². The minimum atomic E-state index is 0.0659. The van der Waals surface area contributed by atoms with Crippen molar-refractivity contribution in [1.82, 2.24) is 15.0 Å². The number of fused-ring (bicyclic) bond motifs is 1. The van der Waals surface area contributed by atoms with Crippen LogP contribution in [0.3, 0.4) is 0 Å². The predicted octanol–water partition coefficient (Wildman–Crippen LogP) is 3.28. The lowest BCUT2D eigenvalue weighted by atomic mass is 10.1. The highest BCUT2D eigenvalue weighted by Gasteiger charge is 2.16. The molecule has 23 heavy (non-hydrogen) atoms. The standard InChI is InChI=1S/C18H21N3O2/c1-11-5-6-17-16(7-11)15(13(3)19-17)9-18(22)21(4)10-14-8-12(2)23-20-14/h5-8,19H,9-10H2,1-4H3. The van der Waals surface area contributed by atoms with E-state index in [4.69, 9.17) is 4.52 Å². The van der Waals surface area contributed by atoms with Crippen LogP contribution in [0.5, 0.6) is 0 Å². The Morgan fingerprint density at radius 1 is 1.26 bits per heavy atom. The molecule has 0 bridgehead atoms. The third kappa shape index (κ3) is 3.13. The minimum Gasteiger partial charge on any atom is -0.361 e. The summed E-state index contributed by atoms with van der Waals surface area (Å²) >= 11 is 0. The molecule has 0 spiro atoms. The molecule has 2 aromatic heterocycles. The third-order valence-electron chi connectivity index (χ3n) is 4.10. The average Bonchev–Trinajstić information content (AvgIpc) is 3.03. The van der Waals surface area contributed by atoms with Crippen LogP contribution >= 0.6 is 0 Å². The second-order valence-corrected chi connectivity index (χ2v) is 6.13. The quantitative estimate of drug-likeness (QED) is 0.804. The number of aromatic nitrogens is 2. The van der Waals surface area contributed by atoms with Gasteiger partial charge in [0.25, 0.3) is 0 Å². The Hall–Kier alpha value is -2.56. The smallest absolute Gasteiger partial charge is 0.227 e. The van der Waals surface area contributed by atoms with Crippen molar-refractivity contribution in [3.8, 4) is 0 Å². The molecule has 0 radical (unpaired) electrons. The Kier molecular flexibility index (Phi) is 3.94. The number of H-pyrrole nitrogens is 1. The van der Waals surface area contributed by atoms with Gasteiger partial charge in [-0.3, -0.25) is 4.79 Å². The van der Waals surface area contributed by atoms with Crippen LogP contribution in [-0.2, 0) is 17.8 Å². The second-order valence-electron chi connectivity index (χ2n) is 6.13. The molecule has 0 saturated heterocycles. The lowest BCUT2D eigenvalue weighted by Gasteiger charge is -2.15. The maximum absolute atomic E-state index is 12.6. The number of hydrogen-bond acceptors (Lipinski definition) is 3. The van der Waals surface area contributed by atoms with E-state index < -0.39 is 0 Å². The van der Waals surface area contributed by atoms with Crippen molar-refractivity contribution >= 4 is 16.8 Å². The lowest BCUT2D eigenvalue weighted by Crippen LogP contribution is -2.28. The van der Waals surface area contributed by atoms with E-state index in [-0.39, 0.29) is 5.91 Å². The number of aromatic amines is 1. The van der Waals surface area contributed by atoms with Gasteiger partial charge in [-0.1, -0.05) is 16.8 Å². The minimum absolute atomic E-state index is 0.0659. The molecule has 1 amide bonds. The first-order valence-electron chi connectivity index (χ1n) is 7.68. The molecule has 0 fully saturated rings. The summed E-state index contributed by atoms with van der Waals surface area (Å²) in [5.41, 5.74) is 5.15. The molecule has 0 aliphatic rings. The van der Waals surface area contributed by atoms with Crippen LogP contribution in [0.2, 0.25) is 0 Å². The zero-order valence-electron chi connectivity index (χ0n) is 13.9. The molecule has 5 heteroatoms. The van der Waals surface area contributed by atoms with Gasteiger partial charge >= 0.3 is 0 Å². The largest absolute Gasteiger partial charge is 0.361 e. The van der Waals surface area contributed by atoms with E-state index in [0.29, 0.717) is 13.0 Å². The van der Waals surface area contributed by atoms with Crippen molar-refractivity contribution in [2.45, 2.75) is 33.7 Å². The van der Waals surface area contributed by atoms with E-state index in [9.17, 15) is 4.79 Å². The van der Waals surface area contributed by atoms with Crippen LogP contribution in [0.4, 0.5) is 0 Å². The first kappa shape index (κ1) is 15.3. The number of nitrogens with one attached hydrogen (secondary N) is 1. The molecule has 5 nitrogen and oxygen atoms in total. The Balaban J connectivity index is 1.79. The first-order valence-corrected chi connectivity index (χ1v) is 7.68. The summed E-state index contributed by atoms with van der Waals surface area (Å²) in [4.78, 5) is 17.6. The summed E-state index contributed by atoms with van der Waals surface area (Å²) < 4.78 is 5.05. The molecule has 120 valence electrons. The number of aryl methyl sites for hydroxylation is 3. The van der Waals surface area contributed by atoms with Crippen molar-refractivity contribution in [3.63, 3.8) is 0 Å². The third-order valence-corrected chi connectivity index (χ3v) is 4.10. The first-order chi connectivity index (χ1) is 10.9. The molecular formula is C18H21N3O2. The topological polar surface area (TPSA) is 62.1 Å². The van der Waals surface area contributed by atoms with Gasteiger partial charge in [-0.25, -0.2) is 0 Å². The summed E-state index contributed by atoms with van der Waals surface area (Å²) in [6.07, 6.45) is 0.378. The molecule has 3 rings (SSSR count). The SMILES string of the molecule is Cc1ccc2[nH]c(C)c(CC(=O)N(C)Cc3cc(C)on3)c2c1. The van der Waals surface area contributed by atoms with E-state index in [2.05, 4.69) is 35.3 Å². The highest BCUT2D eigenvalue weighted by Crippen LogP contribution is 2.24. The molecule has 1 N–H and O–H groups in total. The van der Waals surface area contributed by atoms with Gasteiger partial charge in [0.1, 0.15) is 11.5 Å². The summed E-state index contributed by atoms with van der Waals surface area (Å²) in [5.74, 6) is 0.819. The van der Waals surface area contributed by atoms with Crippen molar-refractivity contribution in [2.24, 2.45) is 0 Å². The molecule has 0 unspecified atom stereocenters. The number of carbonyl (C=O) groups is 1. The summed E-state index contributed by atoms with van der Waals surface area (Å²) in [5, 5.41) is 5.07. The monoisotopic (exact) mass is 311 g/mol. The van der Waals surface area contributed by atoms with Crippen LogP contribution in [0.1, 0.15) is 28.3 Å². The number of nitrogens with zero attached hydrogens (tertiary/aromatic N) is 2. The van der Waals surface area contributed by atoms with E-state index >= 15 is 0 Å². The van der Waals surface area contributed by atoms with Crippen LogP contribution in [0.15, 0.2) is 28.8 Å². The number of rotatable bonds is 4. The average molecular weight is 311 g/mol. The number of amides is 1. The molecule has 0 aliphatic carbocycles. The van der Waals surface area contributed by atoms with Crippen molar-refractivity contribution in [1.29, 1.82) is 0 Å². The number of likely N-dealkylation sites (N-methyl/N-ethyl adjacent to an activating group) is 1.